The smallest absolute Gasteiger partial charge is 0.0431 e. The maximum Gasteiger partial charge on any atom is 0.0431 e. The van der Waals surface area contributed by atoms with E-state index in [-0.39, 0.29) is 0 Å². The van der Waals surface area contributed by atoms with E-state index >= 15 is 0 Å². The van der Waals surface area contributed by atoms with Crippen LogP contribution < -0.4 is 5.32 Å². The van der Waals surface area contributed by atoms with Crippen molar-refractivity contribution in [1.82, 2.24) is 10.2 Å². The second-order valence-electron chi connectivity index (χ2n) is 4.56. The Morgan fingerprint density at radius 3 is 2.21 bits per heavy atom. The number of nitrogens with zero attached hydrogens (tertiary/aromatic N) is 1. The van der Waals surface area contributed by atoms with Gasteiger partial charge in [0, 0.05) is 11.6 Å². The summed E-state index contributed by atoms with van der Waals surface area (Å²) in [5, 5.41) is 3.38. The van der Waals surface area contributed by atoms with Crippen molar-refractivity contribution in [3.05, 3.63) is 12.7 Å². The minimum atomic E-state index is 0.300. The fourth-order valence-electron chi connectivity index (χ4n) is 2.81. The third-order valence-corrected chi connectivity index (χ3v) is 3.74. The molecule has 1 unspecified atom stereocenters. The molecule has 2 nitrogen and oxygen atoms in total. The Bertz CT molecular complexity index is 181. The molecular formula is C12H24N2. The predicted molar refractivity (Wildman–Crippen MR) is 62.5 cm³/mol. The third-order valence-electron chi connectivity index (χ3n) is 3.74. The molecule has 0 aromatic carbocycles. The predicted octanol–water partition coefficient (Wildman–Crippen LogP) is 2.02. The van der Waals surface area contributed by atoms with Crippen molar-refractivity contribution in [2.75, 3.05) is 21.1 Å². The van der Waals surface area contributed by atoms with Crippen LogP contribution in [0.3, 0.4) is 0 Å². The van der Waals surface area contributed by atoms with E-state index in [1.807, 2.05) is 7.05 Å². The first-order valence-corrected chi connectivity index (χ1v) is 5.64. The monoisotopic (exact) mass is 196 g/mol. The molecule has 0 spiro atoms. The van der Waals surface area contributed by atoms with E-state index in [1.165, 1.54) is 32.1 Å². The normalized spacial score (nSPS) is 23.4. The minimum Gasteiger partial charge on any atom is -0.312 e. The van der Waals surface area contributed by atoms with Crippen LogP contribution in [0, 0.1) is 0 Å². The molecule has 0 aromatic heterocycles. The molecule has 0 saturated heterocycles. The van der Waals surface area contributed by atoms with Crippen LogP contribution in [-0.4, -0.2) is 37.6 Å². The van der Waals surface area contributed by atoms with Crippen molar-refractivity contribution in [2.45, 2.75) is 43.7 Å². The fourth-order valence-corrected chi connectivity index (χ4v) is 2.81. The summed E-state index contributed by atoms with van der Waals surface area (Å²) in [7, 11) is 6.42. The van der Waals surface area contributed by atoms with Gasteiger partial charge < -0.3 is 10.2 Å². The molecule has 1 saturated carbocycles. The molecule has 1 fully saturated rings. The molecule has 0 amide bonds. The third kappa shape index (κ3) is 2.01. The maximum absolute atomic E-state index is 3.95. The van der Waals surface area contributed by atoms with Gasteiger partial charge in [-0.1, -0.05) is 25.3 Å². The molecule has 2 heteroatoms. The summed E-state index contributed by atoms with van der Waals surface area (Å²) in [6.45, 7) is 3.95. The van der Waals surface area contributed by atoms with Crippen LogP contribution in [0.5, 0.6) is 0 Å². The Hall–Kier alpha value is -0.340. The van der Waals surface area contributed by atoms with E-state index in [0.29, 0.717) is 11.6 Å². The highest BCUT2D eigenvalue weighted by Gasteiger charge is 2.39. The Morgan fingerprint density at radius 2 is 1.86 bits per heavy atom. The standard InChI is InChI=1S/C12H24N2/c1-5-11(13-2)12(14(3)4)9-7-6-8-10-12/h5,11,13H,1,6-10H2,2-4H3. The quantitative estimate of drug-likeness (QED) is 0.692. The summed E-state index contributed by atoms with van der Waals surface area (Å²) < 4.78 is 0. The number of hydrogen-bond acceptors (Lipinski definition) is 2. The lowest BCUT2D eigenvalue weighted by atomic mass is 9.75. The summed E-state index contributed by atoms with van der Waals surface area (Å²) in [4.78, 5) is 2.38. The molecule has 1 aliphatic rings. The molecule has 1 aliphatic carbocycles. The van der Waals surface area contributed by atoms with Gasteiger partial charge in [0.05, 0.1) is 0 Å². The highest BCUT2D eigenvalue weighted by molar-refractivity contribution is 5.07. The molecule has 82 valence electrons. The van der Waals surface area contributed by atoms with Gasteiger partial charge in [0.15, 0.2) is 0 Å². The number of hydrogen-bond donors (Lipinski definition) is 1. The molecule has 1 rings (SSSR count). The van der Waals surface area contributed by atoms with Crippen molar-refractivity contribution < 1.29 is 0 Å². The van der Waals surface area contributed by atoms with Gasteiger partial charge in [0.2, 0.25) is 0 Å². The second-order valence-corrected chi connectivity index (χ2v) is 4.56. The molecule has 0 aromatic rings. The van der Waals surface area contributed by atoms with Crippen molar-refractivity contribution >= 4 is 0 Å². The van der Waals surface area contributed by atoms with E-state index in [0.717, 1.165) is 0 Å². The fraction of sp³-hybridized carbons (Fsp3) is 0.833. The van der Waals surface area contributed by atoms with E-state index in [2.05, 4.69) is 37.0 Å². The van der Waals surface area contributed by atoms with Crippen LogP contribution in [0.15, 0.2) is 12.7 Å². The van der Waals surface area contributed by atoms with E-state index in [4.69, 9.17) is 0 Å². The molecule has 0 aliphatic heterocycles. The first kappa shape index (κ1) is 11.7. The molecule has 1 atom stereocenters. The highest BCUT2D eigenvalue weighted by Crippen LogP contribution is 2.35. The average molecular weight is 196 g/mol. The zero-order valence-corrected chi connectivity index (χ0v) is 9.84. The van der Waals surface area contributed by atoms with Gasteiger partial charge in [-0.3, -0.25) is 0 Å². The Morgan fingerprint density at radius 1 is 1.29 bits per heavy atom. The topological polar surface area (TPSA) is 15.3 Å². The Balaban J connectivity index is 2.83. The SMILES string of the molecule is C=CC(NC)C1(N(C)C)CCCCC1. The Labute approximate surface area is 88.4 Å². The Kier molecular flexibility index (Phi) is 4.14. The van der Waals surface area contributed by atoms with Gasteiger partial charge in [-0.2, -0.15) is 0 Å². The average Bonchev–Trinajstić information content (AvgIpc) is 2.21. The molecule has 0 heterocycles. The summed E-state index contributed by atoms with van der Waals surface area (Å²) in [5.41, 5.74) is 0.300. The molecule has 14 heavy (non-hydrogen) atoms. The zero-order valence-electron chi connectivity index (χ0n) is 9.84. The number of likely N-dealkylation sites (N-methyl/N-ethyl adjacent to an activating group) is 2. The molecule has 0 radical (unpaired) electrons. The minimum absolute atomic E-state index is 0.300. The van der Waals surface area contributed by atoms with Crippen molar-refractivity contribution in [3.8, 4) is 0 Å². The summed E-state index contributed by atoms with van der Waals surface area (Å²) in [6.07, 6.45) is 8.73. The van der Waals surface area contributed by atoms with Crippen LogP contribution in [0.4, 0.5) is 0 Å². The van der Waals surface area contributed by atoms with Gasteiger partial charge >= 0.3 is 0 Å². The van der Waals surface area contributed by atoms with Crippen LogP contribution >= 0.6 is 0 Å². The lowest BCUT2D eigenvalue weighted by Crippen LogP contribution is -2.58. The summed E-state index contributed by atoms with van der Waals surface area (Å²) >= 11 is 0. The zero-order chi connectivity index (χ0) is 10.6. The van der Waals surface area contributed by atoms with Gasteiger partial charge in [0.1, 0.15) is 0 Å². The lowest BCUT2D eigenvalue weighted by molar-refractivity contribution is 0.0765. The molecule has 0 bridgehead atoms. The van der Waals surface area contributed by atoms with E-state index < -0.39 is 0 Å². The van der Waals surface area contributed by atoms with E-state index in [9.17, 15) is 0 Å². The summed E-state index contributed by atoms with van der Waals surface area (Å²) in [5.74, 6) is 0. The van der Waals surface area contributed by atoms with Gasteiger partial charge in [-0.15, -0.1) is 6.58 Å². The first-order chi connectivity index (χ1) is 6.67. The van der Waals surface area contributed by atoms with Crippen LogP contribution in [-0.2, 0) is 0 Å². The number of rotatable bonds is 4. The van der Waals surface area contributed by atoms with Gasteiger partial charge in [0.25, 0.3) is 0 Å². The van der Waals surface area contributed by atoms with Crippen LogP contribution in [0.25, 0.3) is 0 Å². The highest BCUT2D eigenvalue weighted by atomic mass is 15.2. The second kappa shape index (κ2) is 4.94. The van der Waals surface area contributed by atoms with Gasteiger partial charge in [-0.05, 0) is 34.0 Å². The largest absolute Gasteiger partial charge is 0.312 e. The van der Waals surface area contributed by atoms with Gasteiger partial charge in [-0.25, -0.2) is 0 Å². The first-order valence-electron chi connectivity index (χ1n) is 5.64. The van der Waals surface area contributed by atoms with Crippen molar-refractivity contribution in [1.29, 1.82) is 0 Å². The van der Waals surface area contributed by atoms with Crippen LogP contribution in [0.1, 0.15) is 32.1 Å². The molecular weight excluding hydrogens is 172 g/mol. The number of nitrogens with one attached hydrogen (secondary N) is 1. The molecule has 1 N–H and O–H groups in total. The van der Waals surface area contributed by atoms with Crippen molar-refractivity contribution in [2.24, 2.45) is 0 Å². The van der Waals surface area contributed by atoms with E-state index in [1.54, 1.807) is 0 Å². The van der Waals surface area contributed by atoms with Crippen LogP contribution in [0.2, 0.25) is 0 Å². The van der Waals surface area contributed by atoms with Crippen molar-refractivity contribution in [3.63, 3.8) is 0 Å². The summed E-state index contributed by atoms with van der Waals surface area (Å²) in [6, 6.07) is 0.415. The maximum atomic E-state index is 3.95. The lowest BCUT2D eigenvalue weighted by Gasteiger charge is -2.47.